The monoisotopic (exact) mass is 300 g/mol. The Bertz CT molecular complexity index is 579. The van der Waals surface area contributed by atoms with E-state index < -0.39 is 0 Å². The van der Waals surface area contributed by atoms with E-state index in [-0.39, 0.29) is 11.9 Å². The second-order valence-corrected chi connectivity index (χ2v) is 5.48. The van der Waals surface area contributed by atoms with E-state index >= 15 is 0 Å². The second-order valence-electron chi connectivity index (χ2n) is 5.48. The Labute approximate surface area is 131 Å². The van der Waals surface area contributed by atoms with Gasteiger partial charge < -0.3 is 10.6 Å². The molecule has 22 heavy (non-hydrogen) atoms. The number of hydrogen-bond donors (Lipinski definition) is 2. The highest BCUT2D eigenvalue weighted by molar-refractivity contribution is 5.76. The predicted octanol–water partition coefficient (Wildman–Crippen LogP) is 2.05. The van der Waals surface area contributed by atoms with Crippen molar-refractivity contribution in [1.29, 1.82) is 0 Å². The summed E-state index contributed by atoms with van der Waals surface area (Å²) in [7, 11) is 0. The zero-order valence-electron chi connectivity index (χ0n) is 13.2. The van der Waals surface area contributed by atoms with E-state index in [2.05, 4.69) is 15.7 Å². The summed E-state index contributed by atoms with van der Waals surface area (Å²) >= 11 is 0. The molecule has 1 atom stereocenters. The van der Waals surface area contributed by atoms with Gasteiger partial charge in [-0.2, -0.15) is 5.10 Å². The minimum Gasteiger partial charge on any atom is -0.350 e. The van der Waals surface area contributed by atoms with Gasteiger partial charge in [0.25, 0.3) is 0 Å². The first kappa shape index (κ1) is 16.2. The number of hydrogen-bond acceptors (Lipinski definition) is 3. The minimum atomic E-state index is 0.0424. The van der Waals surface area contributed by atoms with Crippen molar-refractivity contribution in [3.8, 4) is 0 Å². The molecule has 2 aromatic rings. The zero-order chi connectivity index (χ0) is 15.8. The molecule has 5 nitrogen and oxygen atoms in total. The molecule has 1 aromatic heterocycles. The van der Waals surface area contributed by atoms with Crippen molar-refractivity contribution in [3.05, 3.63) is 53.9 Å². The van der Waals surface area contributed by atoms with Gasteiger partial charge in [-0.1, -0.05) is 30.3 Å². The van der Waals surface area contributed by atoms with Gasteiger partial charge in [0.2, 0.25) is 5.91 Å². The number of carbonyl (C=O) groups is 1. The van der Waals surface area contributed by atoms with Crippen LogP contribution in [-0.4, -0.2) is 28.8 Å². The molecule has 0 radical (unpaired) electrons. The first-order chi connectivity index (χ1) is 10.6. The summed E-state index contributed by atoms with van der Waals surface area (Å²) in [5.74, 6) is 0.0683. The molecule has 1 amide bonds. The van der Waals surface area contributed by atoms with Crippen LogP contribution < -0.4 is 10.6 Å². The summed E-state index contributed by atoms with van der Waals surface area (Å²) in [5, 5.41) is 10.5. The molecule has 2 N–H and O–H groups in total. The third kappa shape index (κ3) is 5.33. The van der Waals surface area contributed by atoms with Crippen LogP contribution in [0.3, 0.4) is 0 Å². The fraction of sp³-hybridized carbons (Fsp3) is 0.412. The van der Waals surface area contributed by atoms with E-state index in [0.29, 0.717) is 13.0 Å². The smallest absolute Gasteiger partial charge is 0.221 e. The largest absolute Gasteiger partial charge is 0.350 e. The number of nitrogens with zero attached hydrogens (tertiary/aromatic N) is 2. The van der Waals surface area contributed by atoms with Gasteiger partial charge in [0.15, 0.2) is 0 Å². The van der Waals surface area contributed by atoms with Gasteiger partial charge in [-0.05, 0) is 25.0 Å². The van der Waals surface area contributed by atoms with Crippen molar-refractivity contribution >= 4 is 5.91 Å². The summed E-state index contributed by atoms with van der Waals surface area (Å²) in [6.07, 6.45) is 4.34. The molecule has 2 rings (SSSR count). The van der Waals surface area contributed by atoms with Crippen LogP contribution in [0.25, 0.3) is 0 Å². The molecule has 0 aliphatic heterocycles. The number of nitrogens with one attached hydrogen (secondary N) is 2. The Morgan fingerprint density at radius 2 is 2.05 bits per heavy atom. The lowest BCUT2D eigenvalue weighted by Crippen LogP contribution is -2.30. The van der Waals surface area contributed by atoms with Crippen molar-refractivity contribution in [2.24, 2.45) is 0 Å². The molecule has 0 aliphatic carbocycles. The van der Waals surface area contributed by atoms with Crippen molar-refractivity contribution in [3.63, 3.8) is 0 Å². The van der Waals surface area contributed by atoms with Gasteiger partial charge in [-0.15, -0.1) is 0 Å². The van der Waals surface area contributed by atoms with Crippen LogP contribution in [0.5, 0.6) is 0 Å². The van der Waals surface area contributed by atoms with Gasteiger partial charge >= 0.3 is 0 Å². The highest BCUT2D eigenvalue weighted by Crippen LogP contribution is 2.10. The van der Waals surface area contributed by atoms with Gasteiger partial charge in [0.1, 0.15) is 0 Å². The van der Waals surface area contributed by atoms with Gasteiger partial charge in [-0.25, -0.2) is 0 Å². The number of aromatic nitrogens is 2. The average Bonchev–Trinajstić information content (AvgIpc) is 2.93. The van der Waals surface area contributed by atoms with E-state index in [1.54, 1.807) is 0 Å². The van der Waals surface area contributed by atoms with E-state index in [1.165, 1.54) is 0 Å². The normalized spacial score (nSPS) is 12.1. The zero-order valence-corrected chi connectivity index (χ0v) is 13.2. The Hall–Kier alpha value is -2.14. The molecule has 0 aliphatic rings. The quantitative estimate of drug-likeness (QED) is 0.734. The summed E-state index contributed by atoms with van der Waals surface area (Å²) in [5.41, 5.74) is 2.28. The van der Waals surface area contributed by atoms with Crippen molar-refractivity contribution in [2.45, 2.75) is 32.9 Å². The van der Waals surface area contributed by atoms with Gasteiger partial charge in [0, 0.05) is 25.7 Å². The average molecular weight is 300 g/mol. The number of amides is 1. The van der Waals surface area contributed by atoms with Crippen LogP contribution in [0.4, 0.5) is 0 Å². The van der Waals surface area contributed by atoms with E-state index in [4.69, 9.17) is 0 Å². The van der Waals surface area contributed by atoms with Crippen LogP contribution in [0.2, 0.25) is 0 Å². The van der Waals surface area contributed by atoms with E-state index in [1.807, 2.05) is 61.3 Å². The molecule has 0 saturated carbocycles. The lowest BCUT2D eigenvalue weighted by molar-refractivity contribution is -0.121. The number of carbonyl (C=O) groups excluding carboxylic acids is 1. The lowest BCUT2D eigenvalue weighted by atomic mass is 10.1. The highest BCUT2D eigenvalue weighted by atomic mass is 16.1. The number of aryl methyl sites for hydroxylation is 1. The van der Waals surface area contributed by atoms with Crippen molar-refractivity contribution in [1.82, 2.24) is 20.4 Å². The SMILES string of the molecule is Cc1cnn(CCNCCC(=O)N[C@@H](C)c2ccccc2)c1. The summed E-state index contributed by atoms with van der Waals surface area (Å²) in [6.45, 7) is 6.32. The molecule has 0 fully saturated rings. The maximum Gasteiger partial charge on any atom is 0.221 e. The molecule has 0 unspecified atom stereocenters. The topological polar surface area (TPSA) is 59.0 Å². The maximum atomic E-state index is 11.9. The Kier molecular flexibility index (Phi) is 6.15. The maximum absolute atomic E-state index is 11.9. The molecule has 0 spiro atoms. The third-order valence-corrected chi connectivity index (χ3v) is 3.49. The molecular weight excluding hydrogens is 276 g/mol. The minimum absolute atomic E-state index is 0.0424. The van der Waals surface area contributed by atoms with Crippen LogP contribution in [0.1, 0.15) is 30.5 Å². The van der Waals surface area contributed by atoms with Crippen LogP contribution >= 0.6 is 0 Å². The fourth-order valence-corrected chi connectivity index (χ4v) is 2.25. The van der Waals surface area contributed by atoms with Crippen LogP contribution in [0.15, 0.2) is 42.7 Å². The van der Waals surface area contributed by atoms with Crippen LogP contribution in [-0.2, 0) is 11.3 Å². The highest BCUT2D eigenvalue weighted by Gasteiger charge is 2.08. The Morgan fingerprint density at radius 3 is 2.73 bits per heavy atom. The first-order valence-electron chi connectivity index (χ1n) is 7.69. The van der Waals surface area contributed by atoms with Gasteiger partial charge in [-0.3, -0.25) is 9.48 Å². The van der Waals surface area contributed by atoms with E-state index in [9.17, 15) is 4.79 Å². The fourth-order valence-electron chi connectivity index (χ4n) is 2.25. The summed E-state index contributed by atoms with van der Waals surface area (Å²) < 4.78 is 1.90. The summed E-state index contributed by atoms with van der Waals surface area (Å²) in [4.78, 5) is 11.9. The molecule has 118 valence electrons. The number of benzene rings is 1. The van der Waals surface area contributed by atoms with E-state index in [0.717, 1.165) is 24.2 Å². The lowest BCUT2D eigenvalue weighted by Gasteiger charge is -2.14. The third-order valence-electron chi connectivity index (χ3n) is 3.49. The summed E-state index contributed by atoms with van der Waals surface area (Å²) in [6, 6.07) is 10.0. The predicted molar refractivity (Wildman–Crippen MR) is 87.5 cm³/mol. The second kappa shape index (κ2) is 8.34. The first-order valence-corrected chi connectivity index (χ1v) is 7.69. The molecule has 1 heterocycles. The molecule has 5 heteroatoms. The molecule has 0 bridgehead atoms. The Morgan fingerprint density at radius 1 is 1.27 bits per heavy atom. The molecule has 0 saturated heterocycles. The molecule has 1 aromatic carbocycles. The van der Waals surface area contributed by atoms with Crippen LogP contribution in [0, 0.1) is 6.92 Å². The number of rotatable bonds is 8. The van der Waals surface area contributed by atoms with Gasteiger partial charge in [0.05, 0.1) is 18.8 Å². The van der Waals surface area contributed by atoms with Crippen molar-refractivity contribution < 1.29 is 4.79 Å². The molecular formula is C17H24N4O. The Balaban J connectivity index is 1.59. The standard InChI is InChI=1S/C17H24N4O/c1-14-12-19-21(13-14)11-10-18-9-8-17(22)20-15(2)16-6-4-3-5-7-16/h3-7,12-13,15,18H,8-11H2,1-2H3,(H,20,22)/t15-/m0/s1. The van der Waals surface area contributed by atoms with Crippen molar-refractivity contribution in [2.75, 3.05) is 13.1 Å².